The van der Waals surface area contributed by atoms with Crippen LogP contribution >= 0.6 is 0 Å². The molecule has 10 heteroatoms. The van der Waals surface area contributed by atoms with Crippen molar-refractivity contribution in [2.45, 2.75) is 38.9 Å². The SMILES string of the molecule is O=C(NO)c1cc2c(CNCc3n[nH]c4c3CCC4)cn(Cc3ccc(F)cc3F)c2cn1. The molecule has 0 saturated heterocycles. The van der Waals surface area contributed by atoms with Crippen LogP contribution in [0, 0.1) is 11.6 Å². The minimum absolute atomic E-state index is 0.0575. The largest absolute Gasteiger partial charge is 0.341 e. The number of H-pyrrole nitrogens is 1. The van der Waals surface area contributed by atoms with Crippen molar-refractivity contribution in [1.82, 2.24) is 30.5 Å². The number of nitrogens with zero attached hydrogens (tertiary/aromatic N) is 3. The second-order valence-corrected chi connectivity index (χ2v) is 8.13. The number of hydrogen-bond donors (Lipinski definition) is 4. The van der Waals surface area contributed by atoms with E-state index in [0.717, 1.165) is 42.0 Å². The Morgan fingerprint density at radius 3 is 2.88 bits per heavy atom. The number of pyridine rings is 1. The molecule has 1 aliphatic carbocycles. The van der Waals surface area contributed by atoms with Crippen LogP contribution in [0.5, 0.6) is 0 Å². The number of halogens is 2. The van der Waals surface area contributed by atoms with Crippen LogP contribution in [0.1, 0.15) is 45.0 Å². The third-order valence-electron chi connectivity index (χ3n) is 6.04. The van der Waals surface area contributed by atoms with Crippen molar-refractivity contribution in [2.75, 3.05) is 0 Å². The summed E-state index contributed by atoms with van der Waals surface area (Å²) in [6, 6.07) is 5.07. The van der Waals surface area contributed by atoms with Gasteiger partial charge in [-0.2, -0.15) is 5.10 Å². The van der Waals surface area contributed by atoms with E-state index in [1.54, 1.807) is 11.5 Å². The fourth-order valence-electron chi connectivity index (χ4n) is 4.40. The first-order valence-electron chi connectivity index (χ1n) is 10.7. The summed E-state index contributed by atoms with van der Waals surface area (Å²) in [5.74, 6) is -1.99. The topological polar surface area (TPSA) is 108 Å². The minimum atomic E-state index is -0.722. The molecule has 5 rings (SSSR count). The normalized spacial score (nSPS) is 12.9. The predicted molar refractivity (Wildman–Crippen MR) is 116 cm³/mol. The first-order chi connectivity index (χ1) is 16.0. The van der Waals surface area contributed by atoms with E-state index < -0.39 is 17.5 Å². The molecule has 0 aliphatic heterocycles. The van der Waals surface area contributed by atoms with Crippen LogP contribution in [0.15, 0.2) is 36.7 Å². The standard InChI is InChI=1S/C23H22F2N6O2/c24-15-5-4-13(18(25)6-15)11-31-12-14(17-7-20(23(32)30-33)27-10-22(17)31)8-26-9-21-16-2-1-3-19(16)28-29-21/h4-7,10,12,26,33H,1-3,8-9,11H2,(H,28,29)(H,30,32). The molecule has 0 spiro atoms. The van der Waals surface area contributed by atoms with Crippen molar-refractivity contribution in [3.63, 3.8) is 0 Å². The van der Waals surface area contributed by atoms with Crippen LogP contribution < -0.4 is 10.8 Å². The molecule has 0 radical (unpaired) electrons. The Labute approximate surface area is 187 Å². The lowest BCUT2D eigenvalue weighted by Crippen LogP contribution is -2.19. The maximum absolute atomic E-state index is 14.3. The first-order valence-corrected chi connectivity index (χ1v) is 10.7. The van der Waals surface area contributed by atoms with Gasteiger partial charge in [0.1, 0.15) is 17.3 Å². The van der Waals surface area contributed by atoms with E-state index in [9.17, 15) is 13.6 Å². The zero-order chi connectivity index (χ0) is 22.9. The number of hydroxylamine groups is 1. The maximum Gasteiger partial charge on any atom is 0.293 e. The van der Waals surface area contributed by atoms with Gasteiger partial charge in [0.25, 0.3) is 5.91 Å². The average Bonchev–Trinajstić information content (AvgIpc) is 3.51. The van der Waals surface area contributed by atoms with Crippen molar-refractivity contribution in [1.29, 1.82) is 0 Å². The van der Waals surface area contributed by atoms with E-state index in [1.165, 1.54) is 29.6 Å². The molecule has 1 aliphatic rings. The van der Waals surface area contributed by atoms with Crippen molar-refractivity contribution in [3.8, 4) is 0 Å². The summed E-state index contributed by atoms with van der Waals surface area (Å²) in [5, 5.41) is 20.6. The number of nitrogens with one attached hydrogen (secondary N) is 3. The molecule has 0 bridgehead atoms. The van der Waals surface area contributed by atoms with Crippen LogP contribution in [0.3, 0.4) is 0 Å². The zero-order valence-corrected chi connectivity index (χ0v) is 17.7. The number of rotatable bonds is 7. The van der Waals surface area contributed by atoms with E-state index in [1.807, 2.05) is 10.8 Å². The molecular weight excluding hydrogens is 430 g/mol. The van der Waals surface area contributed by atoms with Crippen molar-refractivity contribution < 1.29 is 18.8 Å². The van der Waals surface area contributed by atoms with Crippen LogP contribution in [-0.2, 0) is 32.5 Å². The molecule has 1 amide bonds. The quantitative estimate of drug-likeness (QED) is 0.255. The van der Waals surface area contributed by atoms with Gasteiger partial charge in [0.15, 0.2) is 0 Å². The molecule has 33 heavy (non-hydrogen) atoms. The van der Waals surface area contributed by atoms with Crippen LogP contribution in [0.4, 0.5) is 8.78 Å². The van der Waals surface area contributed by atoms with E-state index in [2.05, 4.69) is 20.5 Å². The number of carbonyl (C=O) groups excluding carboxylic acids is 1. The summed E-state index contributed by atoms with van der Waals surface area (Å²) in [4.78, 5) is 16.0. The second-order valence-electron chi connectivity index (χ2n) is 8.13. The number of aromatic amines is 1. The Kier molecular flexibility index (Phi) is 5.61. The molecule has 4 N–H and O–H groups in total. The first kappa shape index (κ1) is 21.2. The van der Waals surface area contributed by atoms with Gasteiger partial charge < -0.3 is 9.88 Å². The monoisotopic (exact) mass is 452 g/mol. The molecule has 3 heterocycles. The van der Waals surface area contributed by atoms with Crippen molar-refractivity contribution >= 4 is 16.8 Å². The minimum Gasteiger partial charge on any atom is -0.341 e. The Hall–Kier alpha value is -3.63. The Morgan fingerprint density at radius 1 is 1.18 bits per heavy atom. The fourth-order valence-corrected chi connectivity index (χ4v) is 4.40. The smallest absolute Gasteiger partial charge is 0.293 e. The number of hydrogen-bond acceptors (Lipinski definition) is 5. The highest BCUT2D eigenvalue weighted by molar-refractivity contribution is 5.96. The van der Waals surface area contributed by atoms with E-state index in [-0.39, 0.29) is 12.2 Å². The van der Waals surface area contributed by atoms with Gasteiger partial charge in [0.05, 0.1) is 24.0 Å². The second kappa shape index (κ2) is 8.72. The van der Waals surface area contributed by atoms with Gasteiger partial charge >= 0.3 is 0 Å². The van der Waals surface area contributed by atoms with Gasteiger partial charge in [-0.25, -0.2) is 19.2 Å². The van der Waals surface area contributed by atoms with Gasteiger partial charge in [-0.15, -0.1) is 0 Å². The van der Waals surface area contributed by atoms with E-state index >= 15 is 0 Å². The maximum atomic E-state index is 14.3. The van der Waals surface area contributed by atoms with Crippen molar-refractivity contribution in [3.05, 3.63) is 82.1 Å². The summed E-state index contributed by atoms with van der Waals surface area (Å²) in [6.45, 7) is 1.23. The summed E-state index contributed by atoms with van der Waals surface area (Å²) in [6.07, 6.45) is 6.55. The number of amides is 1. The van der Waals surface area contributed by atoms with E-state index in [0.29, 0.717) is 24.2 Å². The molecule has 0 atom stereocenters. The van der Waals surface area contributed by atoms with Gasteiger partial charge in [-0.05, 0) is 42.5 Å². The molecule has 1 aromatic carbocycles. The summed E-state index contributed by atoms with van der Waals surface area (Å²) in [7, 11) is 0. The molecule has 0 unspecified atom stereocenters. The lowest BCUT2D eigenvalue weighted by Gasteiger charge is -2.07. The third-order valence-corrected chi connectivity index (χ3v) is 6.04. The Morgan fingerprint density at radius 2 is 2.06 bits per heavy atom. The van der Waals surface area contributed by atoms with Crippen LogP contribution in [-0.4, -0.2) is 30.9 Å². The highest BCUT2D eigenvalue weighted by atomic mass is 19.1. The third kappa shape index (κ3) is 4.10. The fraction of sp³-hybridized carbons (Fsp3) is 0.261. The highest BCUT2D eigenvalue weighted by Crippen LogP contribution is 2.25. The number of aromatic nitrogens is 4. The van der Waals surface area contributed by atoms with Gasteiger partial charge in [0, 0.05) is 42.0 Å². The highest BCUT2D eigenvalue weighted by Gasteiger charge is 2.19. The Bertz CT molecular complexity index is 1350. The Balaban J connectivity index is 1.44. The van der Waals surface area contributed by atoms with Crippen molar-refractivity contribution in [2.24, 2.45) is 0 Å². The number of aryl methyl sites for hydroxylation is 1. The molecule has 8 nitrogen and oxygen atoms in total. The van der Waals surface area contributed by atoms with E-state index in [4.69, 9.17) is 5.21 Å². The molecule has 3 aromatic heterocycles. The molecule has 4 aromatic rings. The van der Waals surface area contributed by atoms with Gasteiger partial charge in [0.2, 0.25) is 0 Å². The summed E-state index contributed by atoms with van der Waals surface area (Å²) >= 11 is 0. The van der Waals surface area contributed by atoms with Crippen LogP contribution in [0.25, 0.3) is 10.9 Å². The summed E-state index contributed by atoms with van der Waals surface area (Å²) < 4.78 is 29.4. The number of benzene rings is 1. The number of carbonyl (C=O) groups is 1. The molecule has 0 saturated carbocycles. The molecular formula is C23H22F2N6O2. The summed E-state index contributed by atoms with van der Waals surface area (Å²) in [5.41, 5.74) is 7.02. The lowest BCUT2D eigenvalue weighted by molar-refractivity contribution is 0.0701. The van der Waals surface area contributed by atoms with Gasteiger partial charge in [-0.1, -0.05) is 6.07 Å². The average molecular weight is 452 g/mol. The van der Waals surface area contributed by atoms with Crippen LogP contribution in [0.2, 0.25) is 0 Å². The molecule has 170 valence electrons. The lowest BCUT2D eigenvalue weighted by atomic mass is 10.1. The zero-order valence-electron chi connectivity index (χ0n) is 17.7. The van der Waals surface area contributed by atoms with Gasteiger partial charge in [-0.3, -0.25) is 15.1 Å². The molecule has 0 fully saturated rings. The number of fused-ring (bicyclic) bond motifs is 2. The predicted octanol–water partition coefficient (Wildman–Crippen LogP) is 2.98.